The summed E-state index contributed by atoms with van der Waals surface area (Å²) in [6.07, 6.45) is 2.44. The average Bonchev–Trinajstić information content (AvgIpc) is 2.78. The third-order valence-electron chi connectivity index (χ3n) is 5.82. The van der Waals surface area contributed by atoms with Gasteiger partial charge in [0, 0.05) is 0 Å². The molecule has 0 aromatic heterocycles. The van der Waals surface area contributed by atoms with Gasteiger partial charge in [-0.05, 0) is 49.9 Å². The van der Waals surface area contributed by atoms with Crippen LogP contribution in [0.15, 0.2) is 91.0 Å². The van der Waals surface area contributed by atoms with Crippen LogP contribution in [0.2, 0.25) is 0 Å². The number of aliphatic carboxylic acids is 1. The summed E-state index contributed by atoms with van der Waals surface area (Å²) in [5, 5.41) is 13.2. The van der Waals surface area contributed by atoms with Crippen molar-refractivity contribution in [1.82, 2.24) is 5.32 Å². The van der Waals surface area contributed by atoms with Crippen LogP contribution in [-0.2, 0) is 10.3 Å². The van der Waals surface area contributed by atoms with Crippen molar-refractivity contribution in [1.29, 1.82) is 0 Å². The fourth-order valence-electron chi connectivity index (χ4n) is 3.95. The van der Waals surface area contributed by atoms with Gasteiger partial charge in [-0.1, -0.05) is 97.4 Å². The van der Waals surface area contributed by atoms with Crippen LogP contribution >= 0.6 is 0 Å². The van der Waals surface area contributed by atoms with Crippen LogP contribution in [0.1, 0.15) is 49.8 Å². The number of hydrogen-bond acceptors (Lipinski definition) is 2. The SMILES string of the molecule is CC(C)(CCCCNC(c1ccccc1)(c1ccccc1)c1ccccc1)C(=O)O. The first kappa shape index (κ1) is 21.8. The van der Waals surface area contributed by atoms with Gasteiger partial charge in [-0.15, -0.1) is 0 Å². The molecule has 0 unspecified atom stereocenters. The van der Waals surface area contributed by atoms with Gasteiger partial charge in [-0.25, -0.2) is 0 Å². The standard InChI is InChI=1S/C27H31NO2/c1-26(2,25(29)30)20-12-13-21-28-27(22-14-6-3-7-15-22,23-16-8-4-9-17-23)24-18-10-5-11-19-24/h3-11,14-19,28H,12-13,20-21H2,1-2H3,(H,29,30). The summed E-state index contributed by atoms with van der Waals surface area (Å²) < 4.78 is 0. The van der Waals surface area contributed by atoms with Crippen LogP contribution in [0, 0.1) is 5.41 Å². The lowest BCUT2D eigenvalue weighted by Gasteiger charge is -2.37. The summed E-state index contributed by atoms with van der Waals surface area (Å²) in [6.45, 7) is 4.38. The van der Waals surface area contributed by atoms with Gasteiger partial charge in [0.05, 0.1) is 11.0 Å². The van der Waals surface area contributed by atoms with E-state index in [2.05, 4.69) is 78.1 Å². The maximum absolute atomic E-state index is 11.4. The molecule has 0 heterocycles. The van der Waals surface area contributed by atoms with Crippen molar-refractivity contribution in [2.24, 2.45) is 5.41 Å². The molecule has 3 nitrogen and oxygen atoms in total. The summed E-state index contributed by atoms with van der Waals surface area (Å²) in [5.41, 5.74) is 2.41. The van der Waals surface area contributed by atoms with Crippen LogP contribution in [0.4, 0.5) is 0 Å². The van der Waals surface area contributed by atoms with Gasteiger partial charge in [0.2, 0.25) is 0 Å². The number of carbonyl (C=O) groups is 1. The molecular weight excluding hydrogens is 370 g/mol. The molecule has 3 aromatic rings. The first-order valence-electron chi connectivity index (χ1n) is 10.6. The molecule has 0 aliphatic rings. The number of nitrogens with one attached hydrogen (secondary N) is 1. The van der Waals surface area contributed by atoms with E-state index in [1.165, 1.54) is 16.7 Å². The van der Waals surface area contributed by atoms with Crippen molar-refractivity contribution in [3.8, 4) is 0 Å². The van der Waals surface area contributed by atoms with E-state index in [1.807, 2.05) is 18.2 Å². The summed E-state index contributed by atoms with van der Waals surface area (Å²) in [4.78, 5) is 11.4. The fraction of sp³-hybridized carbons (Fsp3) is 0.296. The minimum absolute atomic E-state index is 0.466. The van der Waals surface area contributed by atoms with Crippen LogP contribution in [0.3, 0.4) is 0 Å². The van der Waals surface area contributed by atoms with Crippen LogP contribution in [0.25, 0.3) is 0 Å². The predicted molar refractivity (Wildman–Crippen MR) is 122 cm³/mol. The lowest BCUT2D eigenvalue weighted by Crippen LogP contribution is -2.45. The van der Waals surface area contributed by atoms with Gasteiger partial charge >= 0.3 is 5.97 Å². The number of hydrogen-bond donors (Lipinski definition) is 2. The van der Waals surface area contributed by atoms with Crippen LogP contribution < -0.4 is 5.32 Å². The third-order valence-corrected chi connectivity index (χ3v) is 5.82. The molecule has 0 aliphatic carbocycles. The topological polar surface area (TPSA) is 49.3 Å². The highest BCUT2D eigenvalue weighted by atomic mass is 16.4. The number of carboxylic acid groups (broad SMARTS) is 1. The molecule has 0 radical (unpaired) electrons. The van der Waals surface area contributed by atoms with E-state index in [-0.39, 0.29) is 0 Å². The monoisotopic (exact) mass is 401 g/mol. The second-order valence-corrected chi connectivity index (χ2v) is 8.42. The van der Waals surface area contributed by atoms with Gasteiger partial charge in [0.25, 0.3) is 0 Å². The first-order valence-corrected chi connectivity index (χ1v) is 10.6. The lowest BCUT2D eigenvalue weighted by molar-refractivity contribution is -0.147. The van der Waals surface area contributed by atoms with Crippen LogP contribution in [0.5, 0.6) is 0 Å². The van der Waals surface area contributed by atoms with E-state index >= 15 is 0 Å². The highest BCUT2D eigenvalue weighted by Gasteiger charge is 2.35. The molecule has 0 atom stereocenters. The van der Waals surface area contributed by atoms with Gasteiger partial charge in [0.1, 0.15) is 0 Å². The van der Waals surface area contributed by atoms with E-state index in [9.17, 15) is 9.90 Å². The molecule has 30 heavy (non-hydrogen) atoms. The van der Waals surface area contributed by atoms with Crippen molar-refractivity contribution in [2.45, 2.75) is 38.6 Å². The van der Waals surface area contributed by atoms with Gasteiger partial charge < -0.3 is 5.11 Å². The molecule has 2 N–H and O–H groups in total. The largest absolute Gasteiger partial charge is 0.481 e. The first-order chi connectivity index (χ1) is 14.5. The Bertz CT molecular complexity index is 824. The molecule has 0 saturated carbocycles. The molecule has 0 amide bonds. The highest BCUT2D eigenvalue weighted by Crippen LogP contribution is 2.36. The number of rotatable bonds is 10. The van der Waals surface area contributed by atoms with E-state index in [4.69, 9.17) is 0 Å². The van der Waals surface area contributed by atoms with Crippen molar-refractivity contribution < 1.29 is 9.90 Å². The molecule has 3 rings (SSSR count). The molecule has 0 fully saturated rings. The molecule has 156 valence electrons. The Balaban J connectivity index is 1.91. The number of carboxylic acids is 1. The zero-order valence-corrected chi connectivity index (χ0v) is 17.8. The molecular formula is C27H31NO2. The maximum Gasteiger partial charge on any atom is 0.309 e. The summed E-state index contributed by atoms with van der Waals surface area (Å²) in [5.74, 6) is -0.734. The van der Waals surface area contributed by atoms with Crippen molar-refractivity contribution in [3.63, 3.8) is 0 Å². The number of benzene rings is 3. The van der Waals surface area contributed by atoms with Crippen LogP contribution in [-0.4, -0.2) is 17.6 Å². The summed E-state index contributed by atoms with van der Waals surface area (Å²) in [6, 6.07) is 31.6. The molecule has 0 saturated heterocycles. The van der Waals surface area contributed by atoms with Gasteiger partial charge in [-0.2, -0.15) is 0 Å². The van der Waals surface area contributed by atoms with E-state index in [1.54, 1.807) is 13.8 Å². The van der Waals surface area contributed by atoms with Gasteiger partial charge in [0.15, 0.2) is 0 Å². The number of unbranched alkanes of at least 4 members (excludes halogenated alkanes) is 1. The minimum Gasteiger partial charge on any atom is -0.481 e. The van der Waals surface area contributed by atoms with E-state index < -0.39 is 16.9 Å². The van der Waals surface area contributed by atoms with Crippen molar-refractivity contribution in [3.05, 3.63) is 108 Å². The Hall–Kier alpha value is -2.91. The maximum atomic E-state index is 11.4. The smallest absolute Gasteiger partial charge is 0.309 e. The quantitative estimate of drug-likeness (QED) is 0.331. The normalized spacial score (nSPS) is 11.9. The van der Waals surface area contributed by atoms with Crippen molar-refractivity contribution >= 4 is 5.97 Å². The zero-order chi connectivity index (χ0) is 21.5. The zero-order valence-electron chi connectivity index (χ0n) is 17.8. The Labute approximate surface area is 179 Å². The highest BCUT2D eigenvalue weighted by molar-refractivity contribution is 5.73. The van der Waals surface area contributed by atoms with Crippen molar-refractivity contribution in [2.75, 3.05) is 6.54 Å². The third kappa shape index (κ3) is 4.80. The van der Waals surface area contributed by atoms with E-state index in [0.717, 1.165) is 19.4 Å². The molecule has 0 spiro atoms. The second kappa shape index (κ2) is 9.73. The van der Waals surface area contributed by atoms with E-state index in [0.29, 0.717) is 6.42 Å². The fourth-order valence-corrected chi connectivity index (χ4v) is 3.95. The predicted octanol–water partition coefficient (Wildman–Crippen LogP) is 5.85. The molecule has 3 heteroatoms. The lowest BCUT2D eigenvalue weighted by atomic mass is 9.77. The van der Waals surface area contributed by atoms with Gasteiger partial charge in [-0.3, -0.25) is 10.1 Å². The Morgan fingerprint density at radius 1 is 0.733 bits per heavy atom. The minimum atomic E-state index is -0.734. The Morgan fingerprint density at radius 3 is 1.50 bits per heavy atom. The molecule has 3 aromatic carbocycles. The Kier molecular flexibility index (Phi) is 7.07. The molecule has 0 aliphatic heterocycles. The Morgan fingerprint density at radius 2 is 1.13 bits per heavy atom. The summed E-state index contributed by atoms with van der Waals surface area (Å²) >= 11 is 0. The summed E-state index contributed by atoms with van der Waals surface area (Å²) in [7, 11) is 0. The molecule has 0 bridgehead atoms. The average molecular weight is 402 g/mol. The second-order valence-electron chi connectivity index (χ2n) is 8.42.